The van der Waals surface area contributed by atoms with Crippen molar-refractivity contribution < 1.29 is 0 Å². The topological polar surface area (TPSA) is 0 Å². The molecule has 1 atom stereocenters. The average molecular weight is 154 g/mol. The molecule has 11 heavy (non-hydrogen) atoms. The van der Waals surface area contributed by atoms with E-state index in [1.165, 1.54) is 12.8 Å². The van der Waals surface area contributed by atoms with Crippen molar-refractivity contribution in [2.45, 2.75) is 47.5 Å². The maximum absolute atomic E-state index is 2.34. The maximum Gasteiger partial charge on any atom is -0.0203 e. The maximum atomic E-state index is 2.34. The van der Waals surface area contributed by atoms with Gasteiger partial charge in [-0.15, -0.1) is 0 Å². The Kier molecular flexibility index (Phi) is 4.48. The molecule has 1 unspecified atom stereocenters. The fourth-order valence-electron chi connectivity index (χ4n) is 1.00. The van der Waals surface area contributed by atoms with Crippen LogP contribution >= 0.6 is 0 Å². The Hall–Kier alpha value is -0.260. The Labute approximate surface area is 71.7 Å². The summed E-state index contributed by atoms with van der Waals surface area (Å²) >= 11 is 0. The monoisotopic (exact) mass is 154 g/mol. The van der Waals surface area contributed by atoms with Gasteiger partial charge in [0.2, 0.25) is 0 Å². The van der Waals surface area contributed by atoms with Crippen molar-refractivity contribution in [2.24, 2.45) is 11.3 Å². The standard InChI is InChI=1S/C11H22/c1-6-7-10(2)8-9-11(3,4)5/h8-10H,6-7H2,1-5H3/b9-8+. The molecule has 0 aromatic rings. The van der Waals surface area contributed by atoms with Crippen LogP contribution in [-0.2, 0) is 0 Å². The third-order valence-electron chi connectivity index (χ3n) is 1.67. The zero-order valence-corrected chi connectivity index (χ0v) is 8.65. The molecule has 0 N–H and O–H groups in total. The first kappa shape index (κ1) is 10.7. The fraction of sp³-hybridized carbons (Fsp3) is 0.818. The molecule has 0 rings (SSSR count). The summed E-state index contributed by atoms with van der Waals surface area (Å²) in [4.78, 5) is 0. The molecule has 66 valence electrons. The molecule has 0 aliphatic heterocycles. The van der Waals surface area contributed by atoms with Crippen molar-refractivity contribution in [3.8, 4) is 0 Å². The van der Waals surface area contributed by atoms with E-state index in [1.807, 2.05) is 0 Å². The van der Waals surface area contributed by atoms with Crippen LogP contribution in [0.2, 0.25) is 0 Å². The zero-order valence-electron chi connectivity index (χ0n) is 8.65. The third kappa shape index (κ3) is 7.64. The van der Waals surface area contributed by atoms with Gasteiger partial charge >= 0.3 is 0 Å². The Morgan fingerprint density at radius 2 is 1.82 bits per heavy atom. The minimum Gasteiger partial charge on any atom is -0.0852 e. The van der Waals surface area contributed by atoms with Crippen molar-refractivity contribution in [1.82, 2.24) is 0 Å². The van der Waals surface area contributed by atoms with Gasteiger partial charge in [-0.05, 0) is 17.8 Å². The van der Waals surface area contributed by atoms with E-state index >= 15 is 0 Å². The van der Waals surface area contributed by atoms with Crippen LogP contribution in [0, 0.1) is 11.3 Å². The van der Waals surface area contributed by atoms with Crippen LogP contribution in [0.3, 0.4) is 0 Å². The van der Waals surface area contributed by atoms with E-state index in [0.717, 1.165) is 5.92 Å². The van der Waals surface area contributed by atoms with Crippen LogP contribution in [0.4, 0.5) is 0 Å². The fourth-order valence-corrected chi connectivity index (χ4v) is 1.00. The van der Waals surface area contributed by atoms with Gasteiger partial charge in [0.25, 0.3) is 0 Å². The van der Waals surface area contributed by atoms with Gasteiger partial charge in [-0.1, -0.05) is 53.2 Å². The second-order valence-corrected chi connectivity index (χ2v) is 4.49. The summed E-state index contributed by atoms with van der Waals surface area (Å²) in [5.41, 5.74) is 0.349. The quantitative estimate of drug-likeness (QED) is 0.538. The third-order valence-corrected chi connectivity index (χ3v) is 1.67. The molecule has 0 aromatic carbocycles. The summed E-state index contributed by atoms with van der Waals surface area (Å²) in [6, 6.07) is 0. The van der Waals surface area contributed by atoms with Crippen LogP contribution < -0.4 is 0 Å². The van der Waals surface area contributed by atoms with Crippen LogP contribution in [0.15, 0.2) is 12.2 Å². The van der Waals surface area contributed by atoms with Crippen LogP contribution in [-0.4, -0.2) is 0 Å². The van der Waals surface area contributed by atoms with E-state index in [4.69, 9.17) is 0 Å². The molecule has 0 heterocycles. The van der Waals surface area contributed by atoms with Crippen molar-refractivity contribution in [3.05, 3.63) is 12.2 Å². The molecule has 0 bridgehead atoms. The van der Waals surface area contributed by atoms with E-state index in [2.05, 4.69) is 46.8 Å². The van der Waals surface area contributed by atoms with Gasteiger partial charge in [0.05, 0.1) is 0 Å². The van der Waals surface area contributed by atoms with Crippen molar-refractivity contribution in [1.29, 1.82) is 0 Å². The van der Waals surface area contributed by atoms with Gasteiger partial charge in [-0.2, -0.15) is 0 Å². The molecule has 0 nitrogen and oxygen atoms in total. The highest BCUT2D eigenvalue weighted by molar-refractivity contribution is 4.94. The number of hydrogen-bond acceptors (Lipinski definition) is 0. The van der Waals surface area contributed by atoms with E-state index < -0.39 is 0 Å². The highest BCUT2D eigenvalue weighted by atomic mass is 14.1. The molecule has 0 spiro atoms. The minimum atomic E-state index is 0.349. The second kappa shape index (κ2) is 4.58. The molecule has 0 amide bonds. The lowest BCUT2D eigenvalue weighted by atomic mass is 9.93. The Morgan fingerprint density at radius 1 is 1.27 bits per heavy atom. The molecule has 0 aliphatic carbocycles. The van der Waals surface area contributed by atoms with Crippen LogP contribution in [0.25, 0.3) is 0 Å². The van der Waals surface area contributed by atoms with Gasteiger partial charge in [-0.3, -0.25) is 0 Å². The normalized spacial score (nSPS) is 15.7. The van der Waals surface area contributed by atoms with Gasteiger partial charge < -0.3 is 0 Å². The molecule has 0 aliphatic rings. The largest absolute Gasteiger partial charge is 0.0852 e. The first-order valence-corrected chi connectivity index (χ1v) is 4.65. The van der Waals surface area contributed by atoms with Crippen LogP contribution in [0.1, 0.15) is 47.5 Å². The number of allylic oxidation sites excluding steroid dienone is 2. The summed E-state index contributed by atoms with van der Waals surface area (Å²) in [7, 11) is 0. The molecule has 0 saturated carbocycles. The van der Waals surface area contributed by atoms with Gasteiger partial charge in [0.15, 0.2) is 0 Å². The number of rotatable bonds is 3. The smallest absolute Gasteiger partial charge is 0.0203 e. The molecular weight excluding hydrogens is 132 g/mol. The number of hydrogen-bond donors (Lipinski definition) is 0. The van der Waals surface area contributed by atoms with Gasteiger partial charge in [-0.25, -0.2) is 0 Å². The van der Waals surface area contributed by atoms with Gasteiger partial charge in [0.1, 0.15) is 0 Å². The highest BCUT2D eigenvalue weighted by Gasteiger charge is 2.04. The molecule has 0 aromatic heterocycles. The summed E-state index contributed by atoms with van der Waals surface area (Å²) in [5, 5.41) is 0. The molecular formula is C11H22. The Morgan fingerprint density at radius 3 is 2.18 bits per heavy atom. The molecule has 0 heteroatoms. The minimum absolute atomic E-state index is 0.349. The van der Waals surface area contributed by atoms with Crippen molar-refractivity contribution >= 4 is 0 Å². The predicted molar refractivity (Wildman–Crippen MR) is 52.7 cm³/mol. The molecule has 0 fully saturated rings. The summed E-state index contributed by atoms with van der Waals surface area (Å²) in [6.45, 7) is 11.2. The van der Waals surface area contributed by atoms with E-state index in [9.17, 15) is 0 Å². The lowest BCUT2D eigenvalue weighted by molar-refractivity contribution is 0.532. The van der Waals surface area contributed by atoms with Crippen LogP contribution in [0.5, 0.6) is 0 Å². The lowest BCUT2D eigenvalue weighted by Crippen LogP contribution is -2.00. The predicted octanol–water partition coefficient (Wildman–Crippen LogP) is 4.02. The molecule has 0 saturated heterocycles. The SMILES string of the molecule is CCCC(C)/C=C/C(C)(C)C. The van der Waals surface area contributed by atoms with Crippen molar-refractivity contribution in [2.75, 3.05) is 0 Å². The van der Waals surface area contributed by atoms with E-state index in [1.54, 1.807) is 0 Å². The van der Waals surface area contributed by atoms with Gasteiger partial charge in [0, 0.05) is 0 Å². The zero-order chi connectivity index (χ0) is 8.91. The van der Waals surface area contributed by atoms with E-state index in [0.29, 0.717) is 5.41 Å². The summed E-state index contributed by atoms with van der Waals surface area (Å²) in [5.74, 6) is 0.749. The van der Waals surface area contributed by atoms with E-state index in [-0.39, 0.29) is 0 Å². The average Bonchev–Trinajstić information content (AvgIpc) is 1.83. The van der Waals surface area contributed by atoms with Crippen molar-refractivity contribution in [3.63, 3.8) is 0 Å². The summed E-state index contributed by atoms with van der Waals surface area (Å²) in [6.07, 6.45) is 7.25. The first-order valence-electron chi connectivity index (χ1n) is 4.65. The summed E-state index contributed by atoms with van der Waals surface area (Å²) < 4.78 is 0. The second-order valence-electron chi connectivity index (χ2n) is 4.49. The molecule has 0 radical (unpaired) electrons. The first-order chi connectivity index (χ1) is 4.95. The Balaban J connectivity index is 3.73. The Bertz CT molecular complexity index is 114. The lowest BCUT2D eigenvalue weighted by Gasteiger charge is -2.13. The highest BCUT2D eigenvalue weighted by Crippen LogP contribution is 2.17.